The topological polar surface area (TPSA) is 98.2 Å². The van der Waals surface area contributed by atoms with Gasteiger partial charge in [-0.25, -0.2) is 4.79 Å². The van der Waals surface area contributed by atoms with Gasteiger partial charge in [-0.15, -0.1) is 0 Å². The lowest BCUT2D eigenvalue weighted by molar-refractivity contribution is -0.268. The van der Waals surface area contributed by atoms with Crippen LogP contribution in [0.5, 0.6) is 5.75 Å². The predicted octanol–water partition coefficient (Wildman–Crippen LogP) is 2.47. The molecule has 2 aromatic carbocycles. The van der Waals surface area contributed by atoms with Crippen LogP contribution in [0.15, 0.2) is 41.2 Å². The van der Waals surface area contributed by atoms with Gasteiger partial charge in [0.1, 0.15) is 0 Å². The Morgan fingerprint density at radius 3 is 2.65 bits per heavy atom. The van der Waals surface area contributed by atoms with Gasteiger partial charge in [0, 0.05) is 5.02 Å². The molecule has 0 aliphatic carbocycles. The Hall–Kier alpha value is -2.64. The van der Waals surface area contributed by atoms with Crippen molar-refractivity contribution >= 4 is 40.7 Å². The van der Waals surface area contributed by atoms with Gasteiger partial charge in [-0.05, 0) is 48.6 Å². The molecule has 0 fully saturated rings. The second kappa shape index (κ2) is 5.53. The van der Waals surface area contributed by atoms with E-state index in [1.807, 2.05) is 0 Å². The minimum Gasteiger partial charge on any atom is -0.872 e. The van der Waals surface area contributed by atoms with Crippen molar-refractivity contribution in [1.29, 1.82) is 0 Å². The Kier molecular flexibility index (Phi) is 3.67. The van der Waals surface area contributed by atoms with Crippen LogP contribution >= 0.6 is 23.8 Å². The summed E-state index contributed by atoms with van der Waals surface area (Å²) in [6.45, 7) is 0. The summed E-state index contributed by atoms with van der Waals surface area (Å²) in [5.74, 6) is -2.03. The van der Waals surface area contributed by atoms with Crippen LogP contribution < -0.4 is 10.7 Å². The first-order valence-corrected chi connectivity index (χ1v) is 7.16. The number of hydrogen-bond acceptors (Lipinski definition) is 4. The lowest BCUT2D eigenvalue weighted by Crippen LogP contribution is -2.21. The molecular formula is C15H8ClN2O4S-. The summed E-state index contributed by atoms with van der Waals surface area (Å²) in [6.07, 6.45) is 0. The fraction of sp³-hybridized carbons (Fsp3) is 0. The first kappa shape index (κ1) is 15.3. The van der Waals surface area contributed by atoms with Gasteiger partial charge in [-0.3, -0.25) is 9.36 Å². The number of carboxylic acids is 1. The molecule has 0 unspecified atom stereocenters. The largest absolute Gasteiger partial charge is 0.872 e. The summed E-state index contributed by atoms with van der Waals surface area (Å²) in [7, 11) is 0. The molecule has 0 saturated heterocycles. The van der Waals surface area contributed by atoms with Gasteiger partial charge in [0.05, 0.1) is 22.2 Å². The standard InChI is InChI=1S/C15H9ClN2O4S/c16-7-1-3-9-11(5-7)17-15(23)18(13(9)20)8-2-4-10(14(21)22)12(19)6-8/h1-6,19H,(H,17,23)(H,21,22)/p-1. The highest BCUT2D eigenvalue weighted by molar-refractivity contribution is 7.71. The van der Waals surface area contributed by atoms with E-state index in [0.29, 0.717) is 15.9 Å². The second-order valence-electron chi connectivity index (χ2n) is 4.75. The number of H-pyrrole nitrogens is 1. The molecular weight excluding hydrogens is 340 g/mol. The number of halogens is 1. The summed E-state index contributed by atoms with van der Waals surface area (Å²) in [6, 6.07) is 8.26. The van der Waals surface area contributed by atoms with E-state index in [9.17, 15) is 14.7 Å². The lowest BCUT2D eigenvalue weighted by atomic mass is 10.1. The molecule has 0 aliphatic rings. The Morgan fingerprint density at radius 2 is 2.00 bits per heavy atom. The van der Waals surface area contributed by atoms with E-state index >= 15 is 0 Å². The first-order chi connectivity index (χ1) is 10.9. The quantitative estimate of drug-likeness (QED) is 0.694. The summed E-state index contributed by atoms with van der Waals surface area (Å²) >= 11 is 11.1. The number of aromatic nitrogens is 2. The third-order valence-corrected chi connectivity index (χ3v) is 3.83. The van der Waals surface area contributed by atoms with Gasteiger partial charge in [0.25, 0.3) is 5.56 Å². The predicted molar refractivity (Wildman–Crippen MR) is 86.1 cm³/mol. The van der Waals surface area contributed by atoms with E-state index in [4.69, 9.17) is 28.9 Å². The number of fused-ring (bicyclic) bond motifs is 1. The van der Waals surface area contributed by atoms with Crippen LogP contribution in [0.4, 0.5) is 0 Å². The van der Waals surface area contributed by atoms with Crippen molar-refractivity contribution in [2.24, 2.45) is 0 Å². The van der Waals surface area contributed by atoms with E-state index in [0.717, 1.165) is 16.7 Å². The number of hydrogen-bond donors (Lipinski definition) is 2. The Bertz CT molecular complexity index is 1070. The van der Waals surface area contributed by atoms with Crippen molar-refractivity contribution in [2.75, 3.05) is 0 Å². The molecule has 116 valence electrons. The van der Waals surface area contributed by atoms with Crippen molar-refractivity contribution in [3.8, 4) is 11.4 Å². The molecule has 6 nitrogen and oxygen atoms in total. The Morgan fingerprint density at radius 1 is 1.26 bits per heavy atom. The van der Waals surface area contributed by atoms with Crippen LogP contribution in [-0.4, -0.2) is 20.6 Å². The molecule has 0 amide bonds. The fourth-order valence-electron chi connectivity index (χ4n) is 2.25. The Balaban J connectivity index is 2.31. The lowest BCUT2D eigenvalue weighted by Gasteiger charge is -2.14. The summed E-state index contributed by atoms with van der Waals surface area (Å²) in [4.78, 5) is 26.4. The highest BCUT2D eigenvalue weighted by Crippen LogP contribution is 2.20. The highest BCUT2D eigenvalue weighted by atomic mass is 35.5. The van der Waals surface area contributed by atoms with Gasteiger partial charge in [0.15, 0.2) is 4.77 Å². The van der Waals surface area contributed by atoms with Crippen molar-refractivity contribution in [3.05, 3.63) is 62.1 Å². The van der Waals surface area contributed by atoms with Gasteiger partial charge < -0.3 is 15.2 Å². The molecule has 0 atom stereocenters. The summed E-state index contributed by atoms with van der Waals surface area (Å²) in [5.41, 5.74) is -0.122. The van der Waals surface area contributed by atoms with E-state index in [-0.39, 0.29) is 16.0 Å². The molecule has 3 rings (SSSR count). The smallest absolute Gasteiger partial charge is 0.335 e. The second-order valence-corrected chi connectivity index (χ2v) is 5.57. The number of carboxylic acid groups (broad SMARTS) is 1. The molecule has 0 saturated carbocycles. The van der Waals surface area contributed by atoms with Crippen LogP contribution in [0.1, 0.15) is 10.4 Å². The van der Waals surface area contributed by atoms with Gasteiger partial charge in [-0.2, -0.15) is 0 Å². The number of aromatic amines is 1. The number of aromatic carboxylic acids is 1. The van der Waals surface area contributed by atoms with Crippen molar-refractivity contribution in [1.82, 2.24) is 9.55 Å². The normalized spacial score (nSPS) is 10.8. The zero-order valence-corrected chi connectivity index (χ0v) is 12.9. The Labute approximate surface area is 139 Å². The monoisotopic (exact) mass is 347 g/mol. The molecule has 1 aromatic heterocycles. The van der Waals surface area contributed by atoms with Crippen LogP contribution in [0, 0.1) is 4.77 Å². The maximum absolute atomic E-state index is 12.6. The van der Waals surface area contributed by atoms with E-state index in [1.165, 1.54) is 6.07 Å². The van der Waals surface area contributed by atoms with Crippen molar-refractivity contribution in [3.63, 3.8) is 0 Å². The molecule has 0 radical (unpaired) electrons. The minimum absolute atomic E-state index is 0.0761. The maximum atomic E-state index is 12.6. The molecule has 23 heavy (non-hydrogen) atoms. The van der Waals surface area contributed by atoms with E-state index in [2.05, 4.69) is 4.98 Å². The third kappa shape index (κ3) is 2.60. The fourth-order valence-corrected chi connectivity index (χ4v) is 2.72. The number of nitrogens with zero attached hydrogens (tertiary/aromatic N) is 1. The molecule has 0 spiro atoms. The van der Waals surface area contributed by atoms with Crippen LogP contribution in [0.3, 0.4) is 0 Å². The van der Waals surface area contributed by atoms with Gasteiger partial charge in [-0.1, -0.05) is 17.4 Å². The van der Waals surface area contributed by atoms with Crippen LogP contribution in [-0.2, 0) is 0 Å². The number of carbonyl (C=O) groups is 1. The highest BCUT2D eigenvalue weighted by Gasteiger charge is 2.10. The van der Waals surface area contributed by atoms with Crippen molar-refractivity contribution in [2.45, 2.75) is 0 Å². The number of benzene rings is 2. The number of nitrogens with one attached hydrogen (secondary N) is 1. The molecule has 0 aliphatic heterocycles. The molecule has 0 bridgehead atoms. The van der Waals surface area contributed by atoms with Crippen molar-refractivity contribution < 1.29 is 15.0 Å². The molecule has 8 heteroatoms. The summed E-state index contributed by atoms with van der Waals surface area (Å²) < 4.78 is 1.21. The average Bonchev–Trinajstić information content (AvgIpc) is 2.46. The SMILES string of the molecule is O=C(O)c1ccc(-n2c(=S)[nH]c3cc(Cl)ccc3c2=O)cc1[O-]. The number of rotatable bonds is 2. The maximum Gasteiger partial charge on any atom is 0.335 e. The molecule has 1 heterocycles. The average molecular weight is 348 g/mol. The molecule has 3 aromatic rings. The summed E-state index contributed by atoms with van der Waals surface area (Å²) in [5, 5.41) is 21.5. The van der Waals surface area contributed by atoms with E-state index in [1.54, 1.807) is 18.2 Å². The van der Waals surface area contributed by atoms with Gasteiger partial charge in [0.2, 0.25) is 0 Å². The minimum atomic E-state index is -1.33. The zero-order chi connectivity index (χ0) is 16.7. The van der Waals surface area contributed by atoms with E-state index < -0.39 is 17.3 Å². The first-order valence-electron chi connectivity index (χ1n) is 6.38. The van der Waals surface area contributed by atoms with Crippen LogP contribution in [0.25, 0.3) is 16.6 Å². The zero-order valence-electron chi connectivity index (χ0n) is 11.4. The third-order valence-electron chi connectivity index (χ3n) is 3.31. The van der Waals surface area contributed by atoms with Crippen LogP contribution in [0.2, 0.25) is 5.02 Å². The van der Waals surface area contributed by atoms with Gasteiger partial charge >= 0.3 is 5.97 Å². The molecule has 2 N–H and O–H groups in total.